The number of nitrogens with zero attached hydrogens (tertiary/aromatic N) is 2. The maximum Gasteiger partial charge on any atom is 0.416 e. The van der Waals surface area contributed by atoms with E-state index in [1.54, 1.807) is 6.92 Å². The largest absolute Gasteiger partial charge is 0.416 e. The summed E-state index contributed by atoms with van der Waals surface area (Å²) in [7, 11) is -3.92. The number of alkyl halides is 3. The van der Waals surface area contributed by atoms with Crippen molar-refractivity contribution >= 4 is 43.5 Å². The number of benzene rings is 2. The van der Waals surface area contributed by atoms with Crippen LogP contribution in [-0.2, 0) is 32.3 Å². The molecule has 12 heteroatoms. The quantitative estimate of drug-likeness (QED) is 0.355. The van der Waals surface area contributed by atoms with Crippen molar-refractivity contribution in [2.45, 2.75) is 70.3 Å². The van der Waals surface area contributed by atoms with Crippen molar-refractivity contribution in [1.82, 2.24) is 10.2 Å². The van der Waals surface area contributed by atoms with Gasteiger partial charge in [0, 0.05) is 30.0 Å². The smallest absolute Gasteiger partial charge is 0.352 e. The minimum Gasteiger partial charge on any atom is -0.352 e. The lowest BCUT2D eigenvalue weighted by atomic mass is 10.1. The van der Waals surface area contributed by atoms with Gasteiger partial charge in [0.15, 0.2) is 0 Å². The van der Waals surface area contributed by atoms with E-state index in [2.05, 4.69) is 21.2 Å². The Balaban J connectivity index is 1.74. The number of rotatable bonds is 11. The highest BCUT2D eigenvalue weighted by Gasteiger charge is 2.32. The summed E-state index contributed by atoms with van der Waals surface area (Å²) in [5.41, 5.74) is -0.290. The Labute approximate surface area is 235 Å². The van der Waals surface area contributed by atoms with Crippen LogP contribution in [-0.4, -0.2) is 50.0 Å². The summed E-state index contributed by atoms with van der Waals surface area (Å²) in [5.74, 6) is -0.617. The molecule has 1 saturated carbocycles. The molecular formula is C27H33BrF3N3O4S. The maximum absolute atomic E-state index is 13.4. The first-order valence-electron chi connectivity index (χ1n) is 12.7. The number of carbonyl (C=O) groups excluding carboxylic acids is 2. The highest BCUT2D eigenvalue weighted by molar-refractivity contribution is 9.10. The second kappa shape index (κ2) is 13.2. The molecule has 0 bridgehead atoms. The van der Waals surface area contributed by atoms with Gasteiger partial charge >= 0.3 is 6.18 Å². The minimum absolute atomic E-state index is 0.0497. The van der Waals surface area contributed by atoms with Gasteiger partial charge in [-0.15, -0.1) is 0 Å². The van der Waals surface area contributed by atoms with E-state index in [1.165, 1.54) is 11.0 Å². The van der Waals surface area contributed by atoms with Crippen molar-refractivity contribution in [1.29, 1.82) is 0 Å². The molecule has 7 nitrogen and oxygen atoms in total. The second-order valence-electron chi connectivity index (χ2n) is 9.80. The summed E-state index contributed by atoms with van der Waals surface area (Å²) in [6, 6.07) is 10.7. The number of sulfonamides is 1. The standard InChI is InChI=1S/C27H33BrF3N3O4S/c1-19(26(36)32-23-11-3-4-12-23)33(18-20-8-5-10-22(28)16-20)25(35)14-7-15-34(39(2,37)38)24-13-6-9-21(17-24)27(29,30)31/h5-6,8-10,13,16-17,19,23H,3-4,7,11-12,14-15,18H2,1-2H3,(H,32,36)/t19-/m1/s1. The lowest BCUT2D eigenvalue weighted by Gasteiger charge is -2.30. The maximum atomic E-state index is 13.4. The lowest BCUT2D eigenvalue weighted by molar-refractivity contribution is -0.141. The number of carbonyl (C=O) groups is 2. The molecule has 1 N–H and O–H groups in total. The molecule has 0 spiro atoms. The molecule has 0 aromatic heterocycles. The van der Waals surface area contributed by atoms with Crippen molar-refractivity contribution < 1.29 is 31.2 Å². The van der Waals surface area contributed by atoms with Crippen LogP contribution >= 0.6 is 15.9 Å². The Morgan fingerprint density at radius 2 is 1.77 bits per heavy atom. The van der Waals surface area contributed by atoms with E-state index >= 15 is 0 Å². The van der Waals surface area contributed by atoms with Gasteiger partial charge in [0.05, 0.1) is 17.5 Å². The summed E-state index contributed by atoms with van der Waals surface area (Å²) < 4.78 is 66.1. The Morgan fingerprint density at radius 3 is 2.38 bits per heavy atom. The van der Waals surface area contributed by atoms with Gasteiger partial charge in [-0.25, -0.2) is 8.42 Å². The van der Waals surface area contributed by atoms with Crippen LogP contribution in [0.5, 0.6) is 0 Å². The average molecular weight is 633 g/mol. The second-order valence-corrected chi connectivity index (χ2v) is 12.6. The summed E-state index contributed by atoms with van der Waals surface area (Å²) in [6.07, 6.45) is 0.116. The molecule has 39 heavy (non-hydrogen) atoms. The van der Waals surface area contributed by atoms with E-state index in [4.69, 9.17) is 0 Å². The van der Waals surface area contributed by atoms with Crippen molar-refractivity contribution in [3.8, 4) is 0 Å². The zero-order valence-corrected chi connectivity index (χ0v) is 24.3. The molecule has 1 fully saturated rings. The highest BCUT2D eigenvalue weighted by Crippen LogP contribution is 2.32. The molecule has 1 aliphatic rings. The van der Waals surface area contributed by atoms with Gasteiger partial charge in [-0.2, -0.15) is 13.2 Å². The van der Waals surface area contributed by atoms with Crippen molar-refractivity contribution in [3.63, 3.8) is 0 Å². The molecule has 214 valence electrons. The van der Waals surface area contributed by atoms with Crippen LogP contribution in [0.3, 0.4) is 0 Å². The number of hydrogen-bond donors (Lipinski definition) is 1. The topological polar surface area (TPSA) is 86.8 Å². The van der Waals surface area contributed by atoms with Crippen LogP contribution in [0.4, 0.5) is 18.9 Å². The third-order valence-electron chi connectivity index (χ3n) is 6.72. The Hall–Kier alpha value is -2.60. The number of nitrogens with one attached hydrogen (secondary N) is 1. The summed E-state index contributed by atoms with van der Waals surface area (Å²) in [6.45, 7) is 1.63. The van der Waals surface area contributed by atoms with Crippen molar-refractivity contribution in [3.05, 3.63) is 64.1 Å². The monoisotopic (exact) mass is 631 g/mol. The van der Waals surface area contributed by atoms with Crippen LogP contribution < -0.4 is 9.62 Å². The Bertz CT molecular complexity index is 1270. The van der Waals surface area contributed by atoms with Gasteiger partial charge in [0.25, 0.3) is 0 Å². The molecule has 0 unspecified atom stereocenters. The van der Waals surface area contributed by atoms with Crippen LogP contribution in [0.1, 0.15) is 56.6 Å². The molecule has 2 amide bonds. The molecule has 0 aliphatic heterocycles. The third-order valence-corrected chi connectivity index (χ3v) is 8.41. The first kappa shape index (κ1) is 30.9. The van der Waals surface area contributed by atoms with Crippen LogP contribution in [0, 0.1) is 0 Å². The fourth-order valence-corrected chi connectivity index (χ4v) is 6.05. The molecule has 2 aromatic rings. The average Bonchev–Trinajstić information content (AvgIpc) is 3.36. The fourth-order valence-electron chi connectivity index (χ4n) is 4.65. The molecule has 1 atom stereocenters. The van der Waals surface area contributed by atoms with Gasteiger partial charge < -0.3 is 10.2 Å². The normalized spacial score (nSPS) is 15.1. The van der Waals surface area contributed by atoms with Crippen LogP contribution in [0.2, 0.25) is 0 Å². The number of halogens is 4. The predicted molar refractivity (Wildman–Crippen MR) is 147 cm³/mol. The van der Waals surface area contributed by atoms with Crippen molar-refractivity contribution in [2.24, 2.45) is 0 Å². The zero-order valence-electron chi connectivity index (χ0n) is 21.9. The van der Waals surface area contributed by atoms with E-state index in [-0.39, 0.29) is 49.5 Å². The number of anilines is 1. The van der Waals surface area contributed by atoms with E-state index in [9.17, 15) is 31.2 Å². The molecule has 0 heterocycles. The van der Waals surface area contributed by atoms with E-state index in [1.807, 2.05) is 24.3 Å². The predicted octanol–water partition coefficient (Wildman–Crippen LogP) is 5.49. The number of amides is 2. The fraction of sp³-hybridized carbons (Fsp3) is 0.481. The number of hydrogen-bond acceptors (Lipinski definition) is 4. The van der Waals surface area contributed by atoms with Gasteiger partial charge in [-0.3, -0.25) is 13.9 Å². The molecule has 0 saturated heterocycles. The molecule has 0 radical (unpaired) electrons. The van der Waals surface area contributed by atoms with E-state index < -0.39 is 27.8 Å². The van der Waals surface area contributed by atoms with Gasteiger partial charge in [-0.1, -0.05) is 47.0 Å². The minimum atomic E-state index is -4.63. The molecular weight excluding hydrogens is 599 g/mol. The first-order valence-corrected chi connectivity index (χ1v) is 15.4. The van der Waals surface area contributed by atoms with Crippen LogP contribution in [0.15, 0.2) is 53.0 Å². The summed E-state index contributed by atoms with van der Waals surface area (Å²) in [5, 5.41) is 3.02. The zero-order chi connectivity index (χ0) is 28.8. The first-order chi connectivity index (χ1) is 18.3. The van der Waals surface area contributed by atoms with Gasteiger partial charge in [0.1, 0.15) is 6.04 Å². The van der Waals surface area contributed by atoms with E-state index in [0.717, 1.165) is 64.5 Å². The van der Waals surface area contributed by atoms with Crippen LogP contribution in [0.25, 0.3) is 0 Å². The summed E-state index contributed by atoms with van der Waals surface area (Å²) >= 11 is 3.41. The highest BCUT2D eigenvalue weighted by atomic mass is 79.9. The Morgan fingerprint density at radius 1 is 1.10 bits per heavy atom. The molecule has 2 aromatic carbocycles. The van der Waals surface area contributed by atoms with Crippen molar-refractivity contribution in [2.75, 3.05) is 17.1 Å². The SMILES string of the molecule is C[C@H](C(=O)NC1CCCC1)N(Cc1cccc(Br)c1)C(=O)CCCN(c1cccc(C(F)(F)F)c1)S(C)(=O)=O. The van der Waals surface area contributed by atoms with Gasteiger partial charge in [0.2, 0.25) is 21.8 Å². The van der Waals surface area contributed by atoms with Gasteiger partial charge in [-0.05, 0) is 62.1 Å². The summed E-state index contributed by atoms with van der Waals surface area (Å²) in [4.78, 5) is 27.9. The third kappa shape index (κ3) is 8.96. The van der Waals surface area contributed by atoms with E-state index in [0.29, 0.717) is 0 Å². The lowest BCUT2D eigenvalue weighted by Crippen LogP contribution is -2.49. The Kier molecular flexibility index (Phi) is 10.4. The molecule has 3 rings (SSSR count). The molecule has 1 aliphatic carbocycles.